The molecule has 0 aliphatic carbocycles. The minimum Gasteiger partial charge on any atom is -0.468 e. The first-order valence-corrected chi connectivity index (χ1v) is 5.08. The maximum atomic E-state index is 13.5. The zero-order valence-corrected chi connectivity index (χ0v) is 9.72. The summed E-state index contributed by atoms with van der Waals surface area (Å²) < 4.78 is 67.0. The average Bonchev–Trinajstić information content (AvgIpc) is 2.32. The highest BCUT2D eigenvalue weighted by molar-refractivity contribution is 5.77. The molecule has 1 unspecified atom stereocenters. The molecular formula is C11H10F5NO2. The van der Waals surface area contributed by atoms with Gasteiger partial charge in [-0.1, -0.05) is 12.1 Å². The molecule has 19 heavy (non-hydrogen) atoms. The molecule has 0 heterocycles. The zero-order valence-electron chi connectivity index (χ0n) is 9.72. The SMILES string of the molecule is COC(=O)C(NCC(F)(F)F)c1cccc(F)c1F. The Morgan fingerprint density at radius 2 is 2.00 bits per heavy atom. The highest BCUT2D eigenvalue weighted by atomic mass is 19.4. The van der Waals surface area contributed by atoms with E-state index in [9.17, 15) is 26.7 Å². The van der Waals surface area contributed by atoms with Crippen molar-refractivity contribution < 1.29 is 31.5 Å². The summed E-state index contributed by atoms with van der Waals surface area (Å²) in [6.07, 6.45) is -4.60. The summed E-state index contributed by atoms with van der Waals surface area (Å²) in [6.45, 7) is -1.54. The fraction of sp³-hybridized carbons (Fsp3) is 0.364. The number of halogens is 5. The number of carbonyl (C=O) groups is 1. The van der Waals surface area contributed by atoms with Crippen molar-refractivity contribution in [2.75, 3.05) is 13.7 Å². The normalized spacial score (nSPS) is 13.2. The van der Waals surface area contributed by atoms with Crippen molar-refractivity contribution in [1.82, 2.24) is 5.32 Å². The van der Waals surface area contributed by atoms with Crippen LogP contribution in [0.2, 0.25) is 0 Å². The van der Waals surface area contributed by atoms with E-state index in [-0.39, 0.29) is 0 Å². The van der Waals surface area contributed by atoms with Gasteiger partial charge in [0.25, 0.3) is 0 Å². The largest absolute Gasteiger partial charge is 0.468 e. The summed E-state index contributed by atoms with van der Waals surface area (Å²) in [5.41, 5.74) is -0.545. The van der Waals surface area contributed by atoms with Gasteiger partial charge in [0.05, 0.1) is 13.7 Å². The number of methoxy groups -OCH3 is 1. The molecule has 106 valence electrons. The molecule has 0 bridgehead atoms. The van der Waals surface area contributed by atoms with Gasteiger partial charge in [0.1, 0.15) is 6.04 Å². The molecule has 0 radical (unpaired) electrons. The molecule has 0 saturated carbocycles. The van der Waals surface area contributed by atoms with Crippen LogP contribution in [0.25, 0.3) is 0 Å². The third-order valence-corrected chi connectivity index (χ3v) is 2.24. The summed E-state index contributed by atoms with van der Waals surface area (Å²) in [6, 6.07) is 1.14. The van der Waals surface area contributed by atoms with Crippen LogP contribution in [-0.2, 0) is 9.53 Å². The molecule has 1 rings (SSSR count). The lowest BCUT2D eigenvalue weighted by atomic mass is 10.1. The Kier molecular flexibility index (Phi) is 4.82. The van der Waals surface area contributed by atoms with Crippen LogP contribution in [0, 0.1) is 11.6 Å². The van der Waals surface area contributed by atoms with E-state index in [0.29, 0.717) is 0 Å². The predicted molar refractivity (Wildman–Crippen MR) is 55.2 cm³/mol. The van der Waals surface area contributed by atoms with Crippen LogP contribution in [0.5, 0.6) is 0 Å². The number of nitrogens with one attached hydrogen (secondary N) is 1. The number of esters is 1. The molecule has 0 amide bonds. The Morgan fingerprint density at radius 3 is 2.53 bits per heavy atom. The molecule has 3 nitrogen and oxygen atoms in total. The summed E-state index contributed by atoms with van der Waals surface area (Å²) >= 11 is 0. The molecule has 1 atom stereocenters. The number of rotatable bonds is 4. The van der Waals surface area contributed by atoms with Gasteiger partial charge in [0.2, 0.25) is 0 Å². The van der Waals surface area contributed by atoms with E-state index in [1.165, 1.54) is 0 Å². The molecule has 0 spiro atoms. The van der Waals surface area contributed by atoms with Crippen molar-refractivity contribution in [3.05, 3.63) is 35.4 Å². The molecule has 1 N–H and O–H groups in total. The second-order valence-corrected chi connectivity index (χ2v) is 3.60. The van der Waals surface area contributed by atoms with Gasteiger partial charge in [-0.15, -0.1) is 0 Å². The second-order valence-electron chi connectivity index (χ2n) is 3.60. The smallest absolute Gasteiger partial charge is 0.401 e. The summed E-state index contributed by atoms with van der Waals surface area (Å²) in [5, 5.41) is 1.79. The van der Waals surface area contributed by atoms with Gasteiger partial charge in [-0.2, -0.15) is 13.2 Å². The summed E-state index contributed by atoms with van der Waals surface area (Å²) in [5.74, 6) is -3.80. The number of ether oxygens (including phenoxy) is 1. The van der Waals surface area contributed by atoms with Crippen LogP contribution in [0.1, 0.15) is 11.6 Å². The van der Waals surface area contributed by atoms with Gasteiger partial charge in [-0.3, -0.25) is 5.32 Å². The lowest BCUT2D eigenvalue weighted by Crippen LogP contribution is -2.37. The Labute approximate surface area is 105 Å². The lowest BCUT2D eigenvalue weighted by Gasteiger charge is -2.18. The average molecular weight is 283 g/mol. The van der Waals surface area contributed by atoms with Gasteiger partial charge in [0, 0.05) is 5.56 Å². The Balaban J connectivity index is 3.03. The van der Waals surface area contributed by atoms with Crippen molar-refractivity contribution >= 4 is 5.97 Å². The minimum absolute atomic E-state index is 0.545. The van der Waals surface area contributed by atoms with Crippen LogP contribution < -0.4 is 5.32 Å². The standard InChI is InChI=1S/C11H10F5NO2/c1-19-10(18)9(17-5-11(14,15)16)6-3-2-4-7(12)8(6)13/h2-4,9,17H,5H2,1H3. The Morgan fingerprint density at radius 1 is 1.37 bits per heavy atom. The third-order valence-electron chi connectivity index (χ3n) is 2.24. The predicted octanol–water partition coefficient (Wildman–Crippen LogP) is 2.33. The first-order valence-electron chi connectivity index (χ1n) is 5.08. The van der Waals surface area contributed by atoms with Crippen molar-refractivity contribution in [2.24, 2.45) is 0 Å². The van der Waals surface area contributed by atoms with Crippen LogP contribution in [0.15, 0.2) is 18.2 Å². The monoisotopic (exact) mass is 283 g/mol. The third kappa shape index (κ3) is 4.16. The van der Waals surface area contributed by atoms with Crippen LogP contribution in [-0.4, -0.2) is 25.8 Å². The van der Waals surface area contributed by atoms with E-state index in [1.54, 1.807) is 5.32 Å². The van der Waals surface area contributed by atoms with E-state index in [1.807, 2.05) is 0 Å². The van der Waals surface area contributed by atoms with Gasteiger partial charge < -0.3 is 4.74 Å². The van der Waals surface area contributed by atoms with Crippen LogP contribution in [0.3, 0.4) is 0 Å². The van der Waals surface area contributed by atoms with Crippen molar-refractivity contribution in [3.63, 3.8) is 0 Å². The fourth-order valence-corrected chi connectivity index (χ4v) is 1.40. The molecule has 0 aliphatic rings. The fourth-order valence-electron chi connectivity index (χ4n) is 1.40. The molecule has 0 aliphatic heterocycles. The molecule has 0 fully saturated rings. The number of hydrogen-bond acceptors (Lipinski definition) is 3. The molecular weight excluding hydrogens is 273 g/mol. The van der Waals surface area contributed by atoms with E-state index in [0.717, 1.165) is 25.3 Å². The number of carbonyl (C=O) groups excluding carboxylic acids is 1. The molecule has 1 aromatic rings. The van der Waals surface area contributed by atoms with E-state index in [2.05, 4.69) is 4.74 Å². The number of alkyl halides is 3. The van der Waals surface area contributed by atoms with Gasteiger partial charge in [-0.25, -0.2) is 13.6 Å². The van der Waals surface area contributed by atoms with Crippen molar-refractivity contribution in [1.29, 1.82) is 0 Å². The highest BCUT2D eigenvalue weighted by Gasteiger charge is 2.32. The number of benzene rings is 1. The molecule has 0 saturated heterocycles. The maximum Gasteiger partial charge on any atom is 0.401 e. The van der Waals surface area contributed by atoms with Gasteiger partial charge in [-0.05, 0) is 6.07 Å². The van der Waals surface area contributed by atoms with Crippen LogP contribution >= 0.6 is 0 Å². The minimum atomic E-state index is -4.60. The van der Waals surface area contributed by atoms with Crippen molar-refractivity contribution in [2.45, 2.75) is 12.2 Å². The first kappa shape index (κ1) is 15.4. The van der Waals surface area contributed by atoms with Crippen LogP contribution in [0.4, 0.5) is 22.0 Å². The number of hydrogen-bond donors (Lipinski definition) is 1. The summed E-state index contributed by atoms with van der Waals surface area (Å²) in [7, 11) is 0.932. The van der Waals surface area contributed by atoms with E-state index >= 15 is 0 Å². The molecule has 8 heteroatoms. The Bertz CT molecular complexity index is 461. The van der Waals surface area contributed by atoms with Crippen molar-refractivity contribution in [3.8, 4) is 0 Å². The zero-order chi connectivity index (χ0) is 14.6. The molecule has 1 aromatic carbocycles. The molecule has 0 aromatic heterocycles. The van der Waals surface area contributed by atoms with Gasteiger partial charge >= 0.3 is 12.1 Å². The Hall–Kier alpha value is -1.70. The lowest BCUT2D eigenvalue weighted by molar-refractivity contribution is -0.146. The maximum absolute atomic E-state index is 13.5. The first-order chi connectivity index (χ1) is 8.76. The van der Waals surface area contributed by atoms with E-state index in [4.69, 9.17) is 0 Å². The highest BCUT2D eigenvalue weighted by Crippen LogP contribution is 2.22. The topological polar surface area (TPSA) is 38.3 Å². The quantitative estimate of drug-likeness (QED) is 0.681. The van der Waals surface area contributed by atoms with Gasteiger partial charge in [0.15, 0.2) is 11.6 Å². The summed E-state index contributed by atoms with van der Waals surface area (Å²) in [4.78, 5) is 11.4. The van der Waals surface area contributed by atoms with E-state index < -0.39 is 41.9 Å². The second kappa shape index (κ2) is 5.96.